The van der Waals surface area contributed by atoms with E-state index in [0.717, 1.165) is 30.7 Å². The Morgan fingerprint density at radius 1 is 1.04 bits per heavy atom. The van der Waals surface area contributed by atoms with Gasteiger partial charge in [-0.15, -0.1) is 0 Å². The van der Waals surface area contributed by atoms with Crippen LogP contribution in [0, 0.1) is 0 Å². The molecule has 0 saturated carbocycles. The van der Waals surface area contributed by atoms with Crippen LogP contribution in [0.15, 0.2) is 42.5 Å². The molecule has 0 aliphatic carbocycles. The smallest absolute Gasteiger partial charge is 0.279 e. The normalized spacial score (nSPS) is 11.8. The van der Waals surface area contributed by atoms with Crippen molar-refractivity contribution in [2.24, 2.45) is 0 Å². The van der Waals surface area contributed by atoms with Gasteiger partial charge in [-0.2, -0.15) is 0 Å². The first-order valence-corrected chi connectivity index (χ1v) is 9.50. The van der Waals surface area contributed by atoms with E-state index in [1.165, 1.54) is 16.7 Å². The van der Waals surface area contributed by atoms with E-state index in [0.29, 0.717) is 6.54 Å². The number of anilines is 1. The van der Waals surface area contributed by atoms with Gasteiger partial charge in [0.2, 0.25) is 0 Å². The quantitative estimate of drug-likeness (QED) is 0.724. The second-order valence-corrected chi connectivity index (χ2v) is 6.43. The predicted molar refractivity (Wildman–Crippen MR) is 107 cm³/mol. The Bertz CT molecular complexity index is 688. The first-order chi connectivity index (χ1) is 12.6. The van der Waals surface area contributed by atoms with Crippen LogP contribution in [0.3, 0.4) is 0 Å². The van der Waals surface area contributed by atoms with Crippen molar-refractivity contribution < 1.29 is 14.8 Å². The van der Waals surface area contributed by atoms with Crippen molar-refractivity contribution >= 4 is 11.6 Å². The van der Waals surface area contributed by atoms with Gasteiger partial charge >= 0.3 is 0 Å². The summed E-state index contributed by atoms with van der Waals surface area (Å²) in [7, 11) is 1.67. The molecule has 2 aromatic carbocycles. The molecule has 1 atom stereocenters. The predicted octanol–water partition coefficient (Wildman–Crippen LogP) is 3.47. The van der Waals surface area contributed by atoms with Crippen LogP contribution in [0.5, 0.6) is 5.75 Å². The summed E-state index contributed by atoms with van der Waals surface area (Å²) in [5.41, 5.74) is 4.59. The van der Waals surface area contributed by atoms with Gasteiger partial charge in [0, 0.05) is 17.7 Å². The molecule has 0 saturated heterocycles. The van der Waals surface area contributed by atoms with E-state index in [1.807, 2.05) is 12.1 Å². The number of aryl methyl sites for hydroxylation is 2. The van der Waals surface area contributed by atoms with Crippen molar-refractivity contribution in [3.05, 3.63) is 59.2 Å². The maximum Gasteiger partial charge on any atom is 0.279 e. The number of hydrogen-bond donors (Lipinski definition) is 2. The highest BCUT2D eigenvalue weighted by Crippen LogP contribution is 2.22. The number of carbonyl (C=O) groups is 1. The van der Waals surface area contributed by atoms with Gasteiger partial charge in [-0.05, 0) is 48.2 Å². The SMILES string of the molecule is CCc1cccc(CC)c1NC(=O)C[NH2+][C@@H](CC)c1ccc(OC)cc1. The lowest BCUT2D eigenvalue weighted by Crippen LogP contribution is -2.87. The molecular formula is C22H31N2O2+. The molecule has 0 bridgehead atoms. The minimum Gasteiger partial charge on any atom is -0.497 e. The summed E-state index contributed by atoms with van der Waals surface area (Å²) in [6.45, 7) is 6.79. The first kappa shape index (κ1) is 20.0. The molecule has 0 aliphatic rings. The lowest BCUT2D eigenvalue weighted by molar-refractivity contribution is -0.686. The first-order valence-electron chi connectivity index (χ1n) is 9.50. The molecule has 0 spiro atoms. The van der Waals surface area contributed by atoms with Crippen LogP contribution >= 0.6 is 0 Å². The number of benzene rings is 2. The second-order valence-electron chi connectivity index (χ2n) is 6.43. The maximum absolute atomic E-state index is 12.5. The van der Waals surface area contributed by atoms with Crippen LogP contribution in [0.2, 0.25) is 0 Å². The highest BCUT2D eigenvalue weighted by molar-refractivity contribution is 5.93. The van der Waals surface area contributed by atoms with Crippen molar-refractivity contribution in [1.29, 1.82) is 0 Å². The molecule has 26 heavy (non-hydrogen) atoms. The fraction of sp³-hybridized carbons (Fsp3) is 0.409. The fourth-order valence-corrected chi connectivity index (χ4v) is 3.23. The van der Waals surface area contributed by atoms with Gasteiger partial charge in [0.15, 0.2) is 6.54 Å². The summed E-state index contributed by atoms with van der Waals surface area (Å²) in [6, 6.07) is 14.6. The molecule has 140 valence electrons. The van der Waals surface area contributed by atoms with Crippen LogP contribution in [0.25, 0.3) is 0 Å². The number of rotatable bonds is 9. The Morgan fingerprint density at radius 2 is 1.65 bits per heavy atom. The van der Waals surface area contributed by atoms with Gasteiger partial charge in [0.25, 0.3) is 5.91 Å². The molecule has 2 rings (SSSR count). The number of carbonyl (C=O) groups excluding carboxylic acids is 1. The third-order valence-electron chi connectivity index (χ3n) is 4.83. The summed E-state index contributed by atoms with van der Waals surface area (Å²) in [6.07, 6.45) is 2.79. The van der Waals surface area contributed by atoms with Gasteiger partial charge in [0.1, 0.15) is 11.8 Å². The Balaban J connectivity index is 2.01. The van der Waals surface area contributed by atoms with Crippen LogP contribution in [0.1, 0.15) is 49.9 Å². The largest absolute Gasteiger partial charge is 0.497 e. The van der Waals surface area contributed by atoms with Crippen molar-refractivity contribution in [1.82, 2.24) is 0 Å². The van der Waals surface area contributed by atoms with Gasteiger partial charge < -0.3 is 15.4 Å². The summed E-state index contributed by atoms with van der Waals surface area (Å²) in [4.78, 5) is 12.5. The fourth-order valence-electron chi connectivity index (χ4n) is 3.23. The topological polar surface area (TPSA) is 54.9 Å². The summed E-state index contributed by atoms with van der Waals surface area (Å²) in [5.74, 6) is 0.900. The van der Waals surface area contributed by atoms with Crippen LogP contribution in [-0.4, -0.2) is 19.6 Å². The standard InChI is InChI=1S/C22H30N2O2/c1-5-16-9-8-10-17(6-2)22(16)24-21(25)15-23-20(7-3)18-11-13-19(26-4)14-12-18/h8-14,20,23H,5-7,15H2,1-4H3,(H,24,25)/p+1/t20-/m0/s1. The number of hydrogen-bond acceptors (Lipinski definition) is 2. The zero-order valence-corrected chi connectivity index (χ0v) is 16.3. The monoisotopic (exact) mass is 355 g/mol. The van der Waals surface area contributed by atoms with Crippen molar-refractivity contribution in [3.63, 3.8) is 0 Å². The molecule has 0 unspecified atom stereocenters. The lowest BCUT2D eigenvalue weighted by Gasteiger charge is -2.17. The van der Waals surface area contributed by atoms with Gasteiger partial charge in [-0.3, -0.25) is 4.79 Å². The summed E-state index contributed by atoms with van der Waals surface area (Å²) in [5, 5.41) is 5.25. The van der Waals surface area contributed by atoms with Crippen molar-refractivity contribution in [2.75, 3.05) is 19.0 Å². The third-order valence-corrected chi connectivity index (χ3v) is 4.83. The molecule has 0 aromatic heterocycles. The minimum absolute atomic E-state index is 0.0487. The Hall–Kier alpha value is -2.33. The molecule has 4 heteroatoms. The molecular weight excluding hydrogens is 324 g/mol. The van der Waals surface area contributed by atoms with E-state index < -0.39 is 0 Å². The van der Waals surface area contributed by atoms with Gasteiger partial charge in [-0.1, -0.05) is 39.0 Å². The zero-order chi connectivity index (χ0) is 18.9. The molecule has 0 aliphatic heterocycles. The van der Waals surface area contributed by atoms with E-state index in [9.17, 15) is 4.79 Å². The van der Waals surface area contributed by atoms with Crippen molar-refractivity contribution in [2.45, 2.75) is 46.1 Å². The van der Waals surface area contributed by atoms with Crippen LogP contribution in [0.4, 0.5) is 5.69 Å². The summed E-state index contributed by atoms with van der Waals surface area (Å²) >= 11 is 0. The number of ether oxygens (including phenoxy) is 1. The number of nitrogens with one attached hydrogen (secondary N) is 1. The molecule has 0 heterocycles. The molecule has 1 amide bonds. The number of nitrogens with two attached hydrogens (primary N) is 1. The van der Waals surface area contributed by atoms with Crippen LogP contribution < -0.4 is 15.4 Å². The minimum atomic E-state index is 0.0487. The highest BCUT2D eigenvalue weighted by atomic mass is 16.5. The molecule has 0 radical (unpaired) electrons. The maximum atomic E-state index is 12.5. The number of para-hydroxylation sites is 1. The molecule has 2 aromatic rings. The Kier molecular flexibility index (Phi) is 7.67. The zero-order valence-electron chi connectivity index (χ0n) is 16.3. The van der Waals surface area contributed by atoms with E-state index in [1.54, 1.807) is 7.11 Å². The Labute approximate surface area is 157 Å². The highest BCUT2D eigenvalue weighted by Gasteiger charge is 2.16. The average molecular weight is 356 g/mol. The average Bonchev–Trinajstić information content (AvgIpc) is 2.69. The molecule has 0 fully saturated rings. The lowest BCUT2D eigenvalue weighted by atomic mass is 10.0. The van der Waals surface area contributed by atoms with E-state index in [4.69, 9.17) is 4.74 Å². The third kappa shape index (κ3) is 5.09. The second kappa shape index (κ2) is 9.97. The van der Waals surface area contributed by atoms with Gasteiger partial charge in [0.05, 0.1) is 7.11 Å². The molecule has 4 nitrogen and oxygen atoms in total. The number of methoxy groups -OCH3 is 1. The molecule has 3 N–H and O–H groups in total. The van der Waals surface area contributed by atoms with E-state index in [2.05, 4.69) is 61.7 Å². The van der Waals surface area contributed by atoms with Crippen molar-refractivity contribution in [3.8, 4) is 5.75 Å². The number of amides is 1. The Morgan fingerprint density at radius 3 is 2.15 bits per heavy atom. The number of quaternary nitrogens is 1. The van der Waals surface area contributed by atoms with E-state index >= 15 is 0 Å². The van der Waals surface area contributed by atoms with Gasteiger partial charge in [-0.25, -0.2) is 0 Å². The summed E-state index contributed by atoms with van der Waals surface area (Å²) < 4.78 is 5.22. The van der Waals surface area contributed by atoms with E-state index in [-0.39, 0.29) is 11.9 Å². The van der Waals surface area contributed by atoms with Crippen LogP contribution in [-0.2, 0) is 17.6 Å².